The molecule has 1 N–H and O–H groups in total. The second kappa shape index (κ2) is 3.41. The topological polar surface area (TPSA) is 24.4 Å². The highest BCUT2D eigenvalue weighted by Gasteiger charge is 2.64. The van der Waals surface area contributed by atoms with Gasteiger partial charge in [0.15, 0.2) is 5.17 Å². The first-order valence-corrected chi connectivity index (χ1v) is 6.68. The van der Waals surface area contributed by atoms with Crippen LogP contribution in [0, 0.1) is 16.7 Å². The molecule has 0 bridgehead atoms. The van der Waals surface area contributed by atoms with Gasteiger partial charge in [-0.2, -0.15) is 0 Å². The highest BCUT2D eigenvalue weighted by atomic mass is 32.2. The van der Waals surface area contributed by atoms with Crippen LogP contribution in [0.25, 0.3) is 0 Å². The summed E-state index contributed by atoms with van der Waals surface area (Å²) >= 11 is 1.87. The first-order valence-electron chi connectivity index (χ1n) is 5.80. The molecule has 86 valence electrons. The van der Waals surface area contributed by atoms with E-state index in [-0.39, 0.29) is 0 Å². The average Bonchev–Trinajstić information content (AvgIpc) is 2.50. The van der Waals surface area contributed by atoms with Crippen LogP contribution in [0.5, 0.6) is 0 Å². The molecule has 2 rings (SSSR count). The van der Waals surface area contributed by atoms with Crippen molar-refractivity contribution in [2.45, 2.75) is 39.9 Å². The smallest absolute Gasteiger partial charge is 0.156 e. The highest BCUT2D eigenvalue weighted by molar-refractivity contribution is 8.14. The van der Waals surface area contributed by atoms with Crippen molar-refractivity contribution in [3.8, 4) is 0 Å². The first kappa shape index (κ1) is 11.3. The van der Waals surface area contributed by atoms with E-state index in [1.807, 2.05) is 11.8 Å². The lowest BCUT2D eigenvalue weighted by Gasteiger charge is -2.06. The van der Waals surface area contributed by atoms with Gasteiger partial charge in [0.2, 0.25) is 0 Å². The van der Waals surface area contributed by atoms with Crippen molar-refractivity contribution < 1.29 is 0 Å². The number of amidine groups is 1. The highest BCUT2D eigenvalue weighted by Crippen LogP contribution is 2.67. The minimum absolute atomic E-state index is 0.482. The zero-order chi connectivity index (χ0) is 11.3. The van der Waals surface area contributed by atoms with Crippen LogP contribution in [0.1, 0.15) is 34.6 Å². The van der Waals surface area contributed by atoms with E-state index in [4.69, 9.17) is 0 Å². The summed E-state index contributed by atoms with van der Waals surface area (Å²) in [5.41, 5.74) is 0.963. The molecule has 1 saturated carbocycles. The third-order valence-corrected chi connectivity index (χ3v) is 5.63. The van der Waals surface area contributed by atoms with E-state index in [0.717, 1.165) is 24.2 Å². The Bertz CT molecular complexity index is 280. The molecule has 1 heterocycles. The average molecular weight is 226 g/mol. The van der Waals surface area contributed by atoms with E-state index in [1.165, 1.54) is 0 Å². The number of nitrogens with one attached hydrogen (secondary N) is 1. The van der Waals surface area contributed by atoms with Crippen molar-refractivity contribution >= 4 is 16.9 Å². The zero-order valence-electron chi connectivity index (χ0n) is 10.4. The molecule has 0 amide bonds. The SMILES string of the molecule is CC1CN=C(NCC2C(C)(C)C2(C)C)S1. The summed E-state index contributed by atoms with van der Waals surface area (Å²) in [6.07, 6.45) is 0. The number of nitrogens with zero attached hydrogens (tertiary/aromatic N) is 1. The van der Waals surface area contributed by atoms with Gasteiger partial charge < -0.3 is 5.32 Å². The Labute approximate surface area is 97.3 Å². The molecule has 0 spiro atoms. The summed E-state index contributed by atoms with van der Waals surface area (Å²) in [6.45, 7) is 13.8. The van der Waals surface area contributed by atoms with Crippen molar-refractivity contribution in [1.82, 2.24) is 5.32 Å². The summed E-state index contributed by atoms with van der Waals surface area (Å²) in [5.74, 6) is 0.782. The molecule has 0 aromatic carbocycles. The molecule has 0 aromatic rings. The Morgan fingerprint density at radius 3 is 2.33 bits per heavy atom. The Morgan fingerprint density at radius 2 is 1.93 bits per heavy atom. The van der Waals surface area contributed by atoms with Crippen LogP contribution >= 0.6 is 11.8 Å². The lowest BCUT2D eigenvalue weighted by atomic mass is 10.0. The molecule has 1 unspecified atom stereocenters. The molecule has 0 aromatic heterocycles. The van der Waals surface area contributed by atoms with E-state index >= 15 is 0 Å². The van der Waals surface area contributed by atoms with E-state index in [1.54, 1.807) is 0 Å². The molecule has 0 radical (unpaired) electrons. The molecule has 1 fully saturated rings. The van der Waals surface area contributed by atoms with E-state index in [9.17, 15) is 0 Å². The van der Waals surface area contributed by atoms with Crippen molar-refractivity contribution in [2.75, 3.05) is 13.1 Å². The first-order chi connectivity index (χ1) is 6.85. The molecule has 0 saturated heterocycles. The maximum atomic E-state index is 4.48. The zero-order valence-corrected chi connectivity index (χ0v) is 11.2. The van der Waals surface area contributed by atoms with Gasteiger partial charge in [-0.15, -0.1) is 0 Å². The maximum Gasteiger partial charge on any atom is 0.156 e. The largest absolute Gasteiger partial charge is 0.365 e. The fourth-order valence-electron chi connectivity index (χ4n) is 2.61. The number of thioether (sulfide) groups is 1. The number of rotatable bonds is 2. The quantitative estimate of drug-likeness (QED) is 0.783. The lowest BCUT2D eigenvalue weighted by Crippen LogP contribution is -2.23. The van der Waals surface area contributed by atoms with Gasteiger partial charge in [-0.05, 0) is 16.7 Å². The number of hydrogen-bond acceptors (Lipinski definition) is 3. The summed E-state index contributed by atoms with van der Waals surface area (Å²) in [6, 6.07) is 0. The predicted molar refractivity (Wildman–Crippen MR) is 68.4 cm³/mol. The Morgan fingerprint density at radius 1 is 1.33 bits per heavy atom. The Kier molecular flexibility index (Phi) is 2.57. The normalized spacial score (nSPS) is 32.6. The fourth-order valence-corrected chi connectivity index (χ4v) is 3.45. The van der Waals surface area contributed by atoms with Gasteiger partial charge >= 0.3 is 0 Å². The summed E-state index contributed by atoms with van der Waals surface area (Å²) < 4.78 is 0. The standard InChI is InChI=1S/C12H22N2S/c1-8-6-13-10(15-8)14-7-9-11(2,3)12(9,4)5/h8-9H,6-7H2,1-5H3,(H,13,14). The van der Waals surface area contributed by atoms with Crippen molar-refractivity contribution in [1.29, 1.82) is 0 Å². The monoisotopic (exact) mass is 226 g/mol. The molecule has 15 heavy (non-hydrogen) atoms. The molecule has 1 atom stereocenters. The van der Waals surface area contributed by atoms with Gasteiger partial charge in [0.05, 0.1) is 6.54 Å². The maximum absolute atomic E-state index is 4.48. The fraction of sp³-hybridized carbons (Fsp3) is 0.917. The van der Waals surface area contributed by atoms with Crippen LogP contribution in [-0.2, 0) is 0 Å². The van der Waals surface area contributed by atoms with Gasteiger partial charge in [-0.25, -0.2) is 0 Å². The van der Waals surface area contributed by atoms with Crippen molar-refractivity contribution in [3.05, 3.63) is 0 Å². The second-order valence-electron chi connectivity index (χ2n) is 5.95. The summed E-state index contributed by atoms with van der Waals surface area (Å²) in [7, 11) is 0. The summed E-state index contributed by atoms with van der Waals surface area (Å²) in [5, 5.41) is 5.31. The predicted octanol–water partition coefficient (Wildman–Crippen LogP) is 2.75. The molecule has 1 aliphatic heterocycles. The van der Waals surface area contributed by atoms with Gasteiger partial charge in [0.1, 0.15) is 0 Å². The van der Waals surface area contributed by atoms with E-state index in [0.29, 0.717) is 16.1 Å². The van der Waals surface area contributed by atoms with Crippen LogP contribution in [0.4, 0.5) is 0 Å². The van der Waals surface area contributed by atoms with Crippen molar-refractivity contribution in [3.63, 3.8) is 0 Å². The van der Waals surface area contributed by atoms with Gasteiger partial charge in [0, 0.05) is 11.8 Å². The molecule has 1 aliphatic carbocycles. The molecule has 2 nitrogen and oxygen atoms in total. The van der Waals surface area contributed by atoms with Crippen LogP contribution < -0.4 is 5.32 Å². The minimum Gasteiger partial charge on any atom is -0.365 e. The van der Waals surface area contributed by atoms with E-state index in [2.05, 4.69) is 44.9 Å². The summed E-state index contributed by atoms with van der Waals surface area (Å²) in [4.78, 5) is 4.48. The van der Waals surface area contributed by atoms with E-state index < -0.39 is 0 Å². The van der Waals surface area contributed by atoms with Crippen molar-refractivity contribution in [2.24, 2.45) is 21.7 Å². The molecule has 3 heteroatoms. The third-order valence-electron chi connectivity index (χ3n) is 4.58. The number of aliphatic imine (C=N–C) groups is 1. The van der Waals surface area contributed by atoms with Gasteiger partial charge in [0.25, 0.3) is 0 Å². The second-order valence-corrected chi connectivity index (χ2v) is 7.38. The van der Waals surface area contributed by atoms with Crippen LogP contribution in [0.2, 0.25) is 0 Å². The molecular formula is C12H22N2S. The Balaban J connectivity index is 1.81. The molecule has 2 aliphatic rings. The Hall–Kier alpha value is -0.180. The van der Waals surface area contributed by atoms with Crippen LogP contribution in [0.15, 0.2) is 4.99 Å². The molecular weight excluding hydrogens is 204 g/mol. The van der Waals surface area contributed by atoms with Gasteiger partial charge in [-0.1, -0.05) is 46.4 Å². The third kappa shape index (κ3) is 1.79. The lowest BCUT2D eigenvalue weighted by molar-refractivity contribution is 0.457. The van der Waals surface area contributed by atoms with Gasteiger partial charge in [-0.3, -0.25) is 4.99 Å². The number of hydrogen-bond donors (Lipinski definition) is 1. The van der Waals surface area contributed by atoms with Crippen LogP contribution in [-0.4, -0.2) is 23.5 Å². The minimum atomic E-state index is 0.482. The van der Waals surface area contributed by atoms with Crippen LogP contribution in [0.3, 0.4) is 0 Å².